The van der Waals surface area contributed by atoms with Crippen LogP contribution in [0, 0.1) is 5.92 Å². The van der Waals surface area contributed by atoms with Gasteiger partial charge in [-0.25, -0.2) is 4.79 Å². The lowest BCUT2D eigenvalue weighted by atomic mass is 10.0. The van der Waals surface area contributed by atoms with Crippen molar-refractivity contribution >= 4 is 35.6 Å². The van der Waals surface area contributed by atoms with Crippen LogP contribution < -0.4 is 32.1 Å². The van der Waals surface area contributed by atoms with Gasteiger partial charge >= 0.3 is 12.0 Å². The quantitative estimate of drug-likeness (QED) is 0.176. The average Bonchev–Trinajstić information content (AvgIpc) is 2.82. The summed E-state index contributed by atoms with van der Waals surface area (Å²) in [5.41, 5.74) is 4.24. The number of hydrazine groups is 1. The Morgan fingerprint density at radius 1 is 0.892 bits per heavy atom. The number of aliphatic hydroxyl groups is 1. The molecule has 6 amide bonds. The molecule has 1 saturated heterocycles. The number of carboxylic acid groups (broad SMARTS) is 1. The van der Waals surface area contributed by atoms with Gasteiger partial charge in [0, 0.05) is 13.0 Å². The summed E-state index contributed by atoms with van der Waals surface area (Å²) < 4.78 is 10.5. The molecule has 1 aliphatic heterocycles. The van der Waals surface area contributed by atoms with Crippen LogP contribution in [0.4, 0.5) is 4.79 Å². The summed E-state index contributed by atoms with van der Waals surface area (Å²) >= 11 is 0. The smallest absolute Gasteiger partial charge is 0.316 e. The molecule has 1 rings (SSSR count). The Morgan fingerprint density at radius 2 is 1.54 bits per heavy atom. The Balaban J connectivity index is 3.05. The fourth-order valence-corrected chi connectivity index (χ4v) is 3.06. The molecular weight excluding hydrogens is 496 g/mol. The minimum Gasteiger partial charge on any atom is -0.481 e. The van der Waals surface area contributed by atoms with Crippen LogP contribution in [0.2, 0.25) is 0 Å². The monoisotopic (exact) mass is 532 g/mol. The van der Waals surface area contributed by atoms with Crippen LogP contribution in [0.5, 0.6) is 0 Å². The first kappa shape index (κ1) is 31.5. The molecule has 0 aliphatic carbocycles. The normalized spacial score (nSPS) is 24.8. The van der Waals surface area contributed by atoms with Crippen LogP contribution in [0.3, 0.4) is 0 Å². The molecule has 0 aromatic heterocycles. The second kappa shape index (κ2) is 16.3. The Labute approximate surface area is 213 Å². The van der Waals surface area contributed by atoms with E-state index in [0.717, 1.165) is 0 Å². The fourth-order valence-electron chi connectivity index (χ4n) is 3.06. The van der Waals surface area contributed by atoms with E-state index in [1.807, 2.05) is 0 Å². The fraction of sp³-hybridized carbons (Fsp3) is 0.714. The van der Waals surface area contributed by atoms with Crippen molar-refractivity contribution in [3.05, 3.63) is 0 Å². The SMILES string of the molecule is CC(O)[C@@H]1NC(=O)N[C@@H](CCC(=O)O)C(=O)NNC(=O)[C@@H](C(C)C)NC(=O)COCCOCCNC1=O. The number of amides is 6. The average molecular weight is 533 g/mol. The molecule has 0 aromatic carbocycles. The molecule has 1 unspecified atom stereocenters. The highest BCUT2D eigenvalue weighted by atomic mass is 16.5. The number of carbonyl (C=O) groups is 6. The van der Waals surface area contributed by atoms with E-state index in [1.54, 1.807) is 13.8 Å². The highest BCUT2D eigenvalue weighted by molar-refractivity contribution is 5.93. The zero-order chi connectivity index (χ0) is 28.0. The van der Waals surface area contributed by atoms with Gasteiger partial charge in [0.1, 0.15) is 24.7 Å². The van der Waals surface area contributed by atoms with E-state index in [1.165, 1.54) is 6.92 Å². The van der Waals surface area contributed by atoms with E-state index in [-0.39, 0.29) is 45.3 Å². The summed E-state index contributed by atoms with van der Waals surface area (Å²) in [5.74, 6) is -4.65. The van der Waals surface area contributed by atoms with Crippen molar-refractivity contribution in [1.82, 2.24) is 32.1 Å². The molecule has 0 aromatic rings. The van der Waals surface area contributed by atoms with Gasteiger partial charge in [0.2, 0.25) is 11.8 Å². The molecule has 16 heteroatoms. The molecule has 4 atom stereocenters. The number of aliphatic carboxylic acids is 1. The number of ether oxygens (including phenoxy) is 2. The second-order valence-corrected chi connectivity index (χ2v) is 8.54. The van der Waals surface area contributed by atoms with E-state index >= 15 is 0 Å². The number of hydrogen-bond donors (Lipinski definition) is 8. The predicted molar refractivity (Wildman–Crippen MR) is 125 cm³/mol. The van der Waals surface area contributed by atoms with Crippen molar-refractivity contribution < 1.29 is 48.5 Å². The molecule has 210 valence electrons. The van der Waals surface area contributed by atoms with Crippen LogP contribution in [-0.4, -0.2) is 103 Å². The molecule has 1 heterocycles. The third kappa shape index (κ3) is 12.3. The summed E-state index contributed by atoms with van der Waals surface area (Å²) in [6.07, 6.45) is -2.17. The molecule has 0 radical (unpaired) electrons. The number of nitrogens with one attached hydrogen (secondary N) is 6. The van der Waals surface area contributed by atoms with Gasteiger partial charge in [0.15, 0.2) is 0 Å². The lowest BCUT2D eigenvalue weighted by Gasteiger charge is -2.24. The van der Waals surface area contributed by atoms with Crippen LogP contribution in [0.1, 0.15) is 33.6 Å². The topological polar surface area (TPSA) is 234 Å². The van der Waals surface area contributed by atoms with Crippen molar-refractivity contribution in [3.63, 3.8) is 0 Å². The van der Waals surface area contributed by atoms with Crippen LogP contribution >= 0.6 is 0 Å². The van der Waals surface area contributed by atoms with Gasteiger partial charge in [-0.3, -0.25) is 34.8 Å². The third-order valence-corrected chi connectivity index (χ3v) is 5.05. The minimum absolute atomic E-state index is 0.0410. The summed E-state index contributed by atoms with van der Waals surface area (Å²) in [6.45, 7) is 4.54. The highest BCUT2D eigenvalue weighted by Crippen LogP contribution is 2.03. The minimum atomic E-state index is -1.43. The molecule has 16 nitrogen and oxygen atoms in total. The molecule has 0 spiro atoms. The number of urea groups is 1. The highest BCUT2D eigenvalue weighted by Gasteiger charge is 2.29. The molecule has 37 heavy (non-hydrogen) atoms. The van der Waals surface area contributed by atoms with Crippen molar-refractivity contribution in [2.24, 2.45) is 5.92 Å². The number of carbonyl (C=O) groups excluding carboxylic acids is 5. The van der Waals surface area contributed by atoms with E-state index in [9.17, 15) is 33.9 Å². The van der Waals surface area contributed by atoms with Gasteiger partial charge in [-0.1, -0.05) is 13.8 Å². The van der Waals surface area contributed by atoms with E-state index in [0.29, 0.717) is 0 Å². The van der Waals surface area contributed by atoms with Gasteiger partial charge in [-0.05, 0) is 19.3 Å². The standard InChI is InChI=1S/C21H36N6O10/c1-11(2)16-20(34)27-26-18(32)13(4-5-15(30)31)23-21(35)25-17(12(3)28)19(33)22-6-7-36-8-9-37-10-14(29)24-16/h11-13,16-17,28H,4-10H2,1-3H3,(H,22,33)(H,24,29)(H,26,32)(H,27,34)(H,30,31)(H2,23,25,35)/t12?,13-,16+,17-/m0/s1. The molecule has 8 N–H and O–H groups in total. The van der Waals surface area contributed by atoms with Gasteiger partial charge in [0.25, 0.3) is 11.8 Å². The number of rotatable bonds is 5. The Morgan fingerprint density at radius 3 is 2.16 bits per heavy atom. The predicted octanol–water partition coefficient (Wildman–Crippen LogP) is -3.28. The lowest BCUT2D eigenvalue weighted by Crippen LogP contribution is -2.60. The van der Waals surface area contributed by atoms with Gasteiger partial charge in [0.05, 0.1) is 25.9 Å². The maximum atomic E-state index is 12.6. The van der Waals surface area contributed by atoms with Crippen molar-refractivity contribution in [2.75, 3.05) is 33.0 Å². The summed E-state index contributed by atoms with van der Waals surface area (Å²) in [6, 6.07) is -4.91. The van der Waals surface area contributed by atoms with Gasteiger partial charge in [-0.2, -0.15) is 0 Å². The summed E-state index contributed by atoms with van der Waals surface area (Å²) in [5, 5.41) is 28.4. The van der Waals surface area contributed by atoms with Crippen LogP contribution in [0.15, 0.2) is 0 Å². The molecular formula is C21H36N6O10. The second-order valence-electron chi connectivity index (χ2n) is 8.54. The number of aliphatic hydroxyl groups excluding tert-OH is 1. The lowest BCUT2D eigenvalue weighted by molar-refractivity contribution is -0.137. The van der Waals surface area contributed by atoms with Crippen LogP contribution in [0.25, 0.3) is 0 Å². The molecule has 1 aliphatic rings. The van der Waals surface area contributed by atoms with Crippen molar-refractivity contribution in [2.45, 2.75) is 57.8 Å². The molecule has 0 saturated carbocycles. The van der Waals surface area contributed by atoms with Gasteiger partial charge < -0.3 is 41.0 Å². The van der Waals surface area contributed by atoms with E-state index in [4.69, 9.17) is 14.6 Å². The van der Waals surface area contributed by atoms with E-state index in [2.05, 4.69) is 32.1 Å². The number of carboxylic acids is 1. The van der Waals surface area contributed by atoms with Gasteiger partial charge in [-0.15, -0.1) is 0 Å². The van der Waals surface area contributed by atoms with Crippen molar-refractivity contribution in [3.8, 4) is 0 Å². The summed E-state index contributed by atoms with van der Waals surface area (Å²) in [4.78, 5) is 73.3. The molecule has 1 fully saturated rings. The maximum absolute atomic E-state index is 12.6. The first-order chi connectivity index (χ1) is 17.4. The zero-order valence-corrected chi connectivity index (χ0v) is 21.0. The Bertz CT molecular complexity index is 822. The first-order valence-corrected chi connectivity index (χ1v) is 11.7. The van der Waals surface area contributed by atoms with Crippen LogP contribution in [-0.2, 0) is 33.4 Å². The van der Waals surface area contributed by atoms with Crippen molar-refractivity contribution in [1.29, 1.82) is 0 Å². The number of hydrogen-bond acceptors (Lipinski definition) is 9. The third-order valence-electron chi connectivity index (χ3n) is 5.05. The Kier molecular flexibility index (Phi) is 13.9. The molecule has 0 bridgehead atoms. The van der Waals surface area contributed by atoms with E-state index < -0.39 is 66.3 Å². The zero-order valence-electron chi connectivity index (χ0n) is 21.0. The maximum Gasteiger partial charge on any atom is 0.316 e. The largest absolute Gasteiger partial charge is 0.481 e. The summed E-state index contributed by atoms with van der Waals surface area (Å²) in [7, 11) is 0. The Hall–Kier alpha value is -3.50. The first-order valence-electron chi connectivity index (χ1n) is 11.7.